The molecule has 15 heteroatoms. The molecular formula is C21H24F2N5O7P. The molecule has 3 unspecified atom stereocenters. The van der Waals surface area contributed by atoms with E-state index in [1.165, 1.54) is 24.1 Å². The number of aromatic nitrogens is 4. The van der Waals surface area contributed by atoms with Crippen LogP contribution < -0.4 is 5.73 Å². The van der Waals surface area contributed by atoms with Crippen LogP contribution in [0.2, 0.25) is 0 Å². The van der Waals surface area contributed by atoms with Crippen LogP contribution in [0.15, 0.2) is 30.9 Å². The van der Waals surface area contributed by atoms with Crippen LogP contribution in [0.5, 0.6) is 0 Å². The minimum Gasteiger partial charge on any atom is -0.385 e. The lowest BCUT2D eigenvalue weighted by molar-refractivity contribution is -0.156. The molecule has 2 aliphatic rings. The molecule has 5 rings (SSSR count). The summed E-state index contributed by atoms with van der Waals surface area (Å²) in [7, 11) is -4.50. The van der Waals surface area contributed by atoms with E-state index in [0.717, 1.165) is 12.1 Å². The molecule has 2 saturated heterocycles. The number of hydrogen-bond donors (Lipinski definition) is 3. The maximum atomic E-state index is 13.8. The minimum absolute atomic E-state index is 0.0904. The van der Waals surface area contributed by atoms with E-state index < -0.39 is 55.4 Å². The number of benzene rings is 1. The molecule has 0 spiro atoms. The average Bonchev–Trinajstić information content (AvgIpc) is 3.27. The lowest BCUT2D eigenvalue weighted by Gasteiger charge is -2.39. The molecule has 194 valence electrons. The Kier molecular flexibility index (Phi) is 5.91. The molecule has 36 heavy (non-hydrogen) atoms. The molecule has 6 atom stereocenters. The number of rotatable bonds is 4. The third-order valence-corrected chi connectivity index (χ3v) is 7.74. The van der Waals surface area contributed by atoms with Gasteiger partial charge in [-0.15, -0.1) is 0 Å². The molecule has 3 aromatic rings. The summed E-state index contributed by atoms with van der Waals surface area (Å²) in [4.78, 5) is 12.1. The van der Waals surface area contributed by atoms with Crippen molar-refractivity contribution in [3.63, 3.8) is 0 Å². The van der Waals surface area contributed by atoms with Gasteiger partial charge in [0.1, 0.15) is 35.2 Å². The smallest absolute Gasteiger partial charge is 0.385 e. The number of nitrogen functional groups attached to an aromatic ring is 1. The van der Waals surface area contributed by atoms with Gasteiger partial charge in [-0.1, -0.05) is 0 Å². The second-order valence-electron chi connectivity index (χ2n) is 9.52. The summed E-state index contributed by atoms with van der Waals surface area (Å²) in [6, 6.07) is 2.81. The number of nitrogens with two attached hydrogens (primary N) is 1. The zero-order valence-corrected chi connectivity index (χ0v) is 20.3. The molecule has 2 aliphatic heterocycles. The predicted octanol–water partition coefficient (Wildman–Crippen LogP) is 2.74. The standard InChI is InChI=1S/C21H24F2N5O7P/c1-20(2)7-13(10-4-11(22)6-12(23)5-10)33-36(31,35-20)34-18-15(29)21(3,30)19(32-18)28-9-27-14-16(24)25-8-26-17(14)28/h4-6,8-9,13,15,18-19,29-30H,7H2,1-3H3,(H2,24,25,26)/t13?,15-,18?,19-,21-,36?/m1/s1. The quantitative estimate of drug-likeness (QED) is 0.427. The van der Waals surface area contributed by atoms with Gasteiger partial charge >= 0.3 is 7.82 Å². The van der Waals surface area contributed by atoms with Gasteiger partial charge in [0, 0.05) is 12.5 Å². The molecule has 0 radical (unpaired) electrons. The lowest BCUT2D eigenvalue weighted by Crippen LogP contribution is -2.44. The van der Waals surface area contributed by atoms with Crippen LogP contribution in [-0.2, 0) is 22.9 Å². The maximum Gasteiger partial charge on any atom is 0.478 e. The van der Waals surface area contributed by atoms with E-state index in [2.05, 4.69) is 15.0 Å². The van der Waals surface area contributed by atoms with Crippen LogP contribution in [0, 0.1) is 11.6 Å². The summed E-state index contributed by atoms with van der Waals surface area (Å²) < 4.78 is 64.9. The maximum absolute atomic E-state index is 13.8. The van der Waals surface area contributed by atoms with Gasteiger partial charge in [-0.05, 0) is 38.5 Å². The molecule has 1 aromatic carbocycles. The molecule has 2 fully saturated rings. The van der Waals surface area contributed by atoms with Crippen molar-refractivity contribution >= 4 is 24.8 Å². The van der Waals surface area contributed by atoms with Gasteiger partial charge in [0.05, 0.1) is 18.0 Å². The zero-order valence-electron chi connectivity index (χ0n) is 19.4. The highest BCUT2D eigenvalue weighted by Crippen LogP contribution is 2.63. The van der Waals surface area contributed by atoms with Crippen LogP contribution in [0.1, 0.15) is 45.1 Å². The summed E-state index contributed by atoms with van der Waals surface area (Å²) in [5.74, 6) is -1.57. The monoisotopic (exact) mass is 527 g/mol. The van der Waals surface area contributed by atoms with E-state index in [1.54, 1.807) is 13.8 Å². The Morgan fingerprint density at radius 3 is 2.58 bits per heavy atom. The fraction of sp³-hybridized carbons (Fsp3) is 0.476. The Morgan fingerprint density at radius 1 is 1.19 bits per heavy atom. The van der Waals surface area contributed by atoms with Gasteiger partial charge in [0.2, 0.25) is 6.29 Å². The molecule has 12 nitrogen and oxygen atoms in total. The Bertz CT molecular complexity index is 1350. The van der Waals surface area contributed by atoms with Gasteiger partial charge in [-0.3, -0.25) is 18.1 Å². The number of imidazole rings is 1. The fourth-order valence-corrected chi connectivity index (χ4v) is 6.09. The number of fused-ring (bicyclic) bond motifs is 1. The van der Waals surface area contributed by atoms with Crippen molar-refractivity contribution in [2.24, 2.45) is 0 Å². The van der Waals surface area contributed by atoms with Crippen LogP contribution in [0.4, 0.5) is 14.6 Å². The summed E-state index contributed by atoms with van der Waals surface area (Å²) >= 11 is 0. The Balaban J connectivity index is 1.43. The predicted molar refractivity (Wildman–Crippen MR) is 119 cm³/mol. The van der Waals surface area contributed by atoms with Crippen molar-refractivity contribution in [1.29, 1.82) is 0 Å². The van der Waals surface area contributed by atoms with Crippen molar-refractivity contribution < 1.29 is 41.9 Å². The van der Waals surface area contributed by atoms with E-state index in [0.29, 0.717) is 6.07 Å². The molecule has 4 heterocycles. The molecule has 0 bridgehead atoms. The van der Waals surface area contributed by atoms with E-state index in [1.807, 2.05) is 0 Å². The van der Waals surface area contributed by atoms with Gasteiger partial charge in [0.15, 0.2) is 17.7 Å². The lowest BCUT2D eigenvalue weighted by atomic mass is 9.96. The van der Waals surface area contributed by atoms with Crippen LogP contribution in [-0.4, -0.2) is 53.3 Å². The first-order valence-electron chi connectivity index (χ1n) is 10.9. The molecule has 0 saturated carbocycles. The minimum atomic E-state index is -4.50. The largest absolute Gasteiger partial charge is 0.478 e. The molecular weight excluding hydrogens is 503 g/mol. The van der Waals surface area contributed by atoms with Gasteiger partial charge < -0.3 is 20.7 Å². The first kappa shape index (κ1) is 25.1. The number of phosphoric acid groups is 1. The van der Waals surface area contributed by atoms with Crippen LogP contribution >= 0.6 is 7.82 Å². The number of aliphatic hydroxyl groups is 2. The molecule has 4 N–H and O–H groups in total. The number of phosphoric ester groups is 1. The SMILES string of the molecule is CC1(C)CC(c2cc(F)cc(F)c2)OP(=O)(OC2O[C@@H](n3cnc4c(N)ncnc43)[C@](C)(O)[C@@H]2O)O1. The molecule has 0 aliphatic carbocycles. The highest BCUT2D eigenvalue weighted by molar-refractivity contribution is 7.48. The fourth-order valence-electron chi connectivity index (χ4n) is 4.35. The van der Waals surface area contributed by atoms with E-state index >= 15 is 0 Å². The number of hydrogen-bond acceptors (Lipinski definition) is 11. The summed E-state index contributed by atoms with van der Waals surface area (Å²) in [5, 5.41) is 21.9. The normalized spacial score (nSPS) is 34.3. The summed E-state index contributed by atoms with van der Waals surface area (Å²) in [6.45, 7) is 4.48. The molecule has 2 aromatic heterocycles. The average molecular weight is 527 g/mol. The number of aliphatic hydroxyl groups excluding tert-OH is 1. The third-order valence-electron chi connectivity index (χ3n) is 6.04. The topological polar surface area (TPSA) is 164 Å². The number of anilines is 1. The Morgan fingerprint density at radius 2 is 1.89 bits per heavy atom. The van der Waals surface area contributed by atoms with Crippen molar-refractivity contribution in [3.05, 3.63) is 48.1 Å². The van der Waals surface area contributed by atoms with Crippen molar-refractivity contribution in [2.75, 3.05) is 5.73 Å². The number of ether oxygens (including phenoxy) is 1. The first-order valence-corrected chi connectivity index (χ1v) is 12.4. The van der Waals surface area contributed by atoms with Crippen molar-refractivity contribution in [3.8, 4) is 0 Å². The summed E-state index contributed by atoms with van der Waals surface area (Å²) in [5.41, 5.74) is 3.28. The Labute approximate surface area is 203 Å². The van der Waals surface area contributed by atoms with E-state index in [-0.39, 0.29) is 29.0 Å². The number of halogens is 2. The van der Waals surface area contributed by atoms with E-state index in [9.17, 15) is 23.6 Å². The number of nitrogens with zero attached hydrogens (tertiary/aromatic N) is 4. The van der Waals surface area contributed by atoms with E-state index in [4.69, 9.17) is 24.0 Å². The molecule has 0 amide bonds. The highest BCUT2D eigenvalue weighted by atomic mass is 31.2. The van der Waals surface area contributed by atoms with Gasteiger partial charge in [0.25, 0.3) is 0 Å². The van der Waals surface area contributed by atoms with Gasteiger partial charge in [-0.2, -0.15) is 0 Å². The third kappa shape index (κ3) is 4.39. The van der Waals surface area contributed by atoms with Crippen LogP contribution in [0.25, 0.3) is 11.2 Å². The second kappa shape index (κ2) is 8.48. The first-order chi connectivity index (χ1) is 16.8. The zero-order chi connectivity index (χ0) is 26.0. The second-order valence-corrected chi connectivity index (χ2v) is 11.0. The summed E-state index contributed by atoms with van der Waals surface area (Å²) in [6.07, 6.45) is -3.19. The highest BCUT2D eigenvalue weighted by Gasteiger charge is 2.58. The van der Waals surface area contributed by atoms with Crippen molar-refractivity contribution in [2.45, 2.75) is 63.1 Å². The Hall–Kier alpha value is -2.58. The van der Waals surface area contributed by atoms with Crippen LogP contribution in [0.3, 0.4) is 0 Å². The van der Waals surface area contributed by atoms with Gasteiger partial charge in [-0.25, -0.2) is 28.3 Å². The van der Waals surface area contributed by atoms with Crippen molar-refractivity contribution in [1.82, 2.24) is 19.5 Å².